The molecule has 0 unspecified atom stereocenters. The maximum atomic E-state index is 4.37. The number of aryl methyl sites for hydroxylation is 1. The van der Waals surface area contributed by atoms with E-state index in [1.165, 1.54) is 49.7 Å². The molecule has 0 amide bonds. The van der Waals surface area contributed by atoms with Crippen LogP contribution in [0.2, 0.25) is 0 Å². The van der Waals surface area contributed by atoms with E-state index in [1.807, 2.05) is 19.4 Å². The van der Waals surface area contributed by atoms with Gasteiger partial charge in [-0.3, -0.25) is 9.98 Å². The highest BCUT2D eigenvalue weighted by Gasteiger charge is 2.21. The van der Waals surface area contributed by atoms with Crippen molar-refractivity contribution in [3.8, 4) is 0 Å². The van der Waals surface area contributed by atoms with Crippen LogP contribution in [0.25, 0.3) is 0 Å². The average Bonchev–Trinajstić information content (AvgIpc) is 2.57. The second kappa shape index (κ2) is 9.53. The molecular formula is C19H32N4. The Hall–Kier alpha value is -1.58. The summed E-state index contributed by atoms with van der Waals surface area (Å²) >= 11 is 0. The van der Waals surface area contributed by atoms with E-state index in [9.17, 15) is 0 Å². The van der Waals surface area contributed by atoms with Crippen molar-refractivity contribution < 1.29 is 0 Å². The van der Waals surface area contributed by atoms with Crippen LogP contribution in [-0.4, -0.2) is 30.6 Å². The van der Waals surface area contributed by atoms with Gasteiger partial charge in [-0.25, -0.2) is 0 Å². The Balaban J connectivity index is 1.71. The molecule has 1 aromatic heterocycles. The summed E-state index contributed by atoms with van der Waals surface area (Å²) in [6.45, 7) is 5.31. The molecule has 1 aliphatic rings. The van der Waals surface area contributed by atoms with Gasteiger partial charge in [0.15, 0.2) is 5.96 Å². The van der Waals surface area contributed by atoms with Gasteiger partial charge in [-0.1, -0.05) is 19.8 Å². The van der Waals surface area contributed by atoms with E-state index in [1.54, 1.807) is 0 Å². The highest BCUT2D eigenvalue weighted by Crippen LogP contribution is 2.27. The zero-order chi connectivity index (χ0) is 16.5. The molecule has 0 radical (unpaired) electrons. The molecule has 2 N–H and O–H groups in total. The van der Waals surface area contributed by atoms with E-state index < -0.39 is 0 Å². The highest BCUT2D eigenvalue weighted by atomic mass is 15.2. The van der Waals surface area contributed by atoms with Gasteiger partial charge < -0.3 is 10.6 Å². The number of nitrogens with zero attached hydrogens (tertiary/aromatic N) is 2. The largest absolute Gasteiger partial charge is 0.356 e. The van der Waals surface area contributed by atoms with Crippen LogP contribution in [0.3, 0.4) is 0 Å². The van der Waals surface area contributed by atoms with E-state index in [0.717, 1.165) is 24.8 Å². The molecule has 128 valence electrons. The fourth-order valence-corrected chi connectivity index (χ4v) is 3.49. The van der Waals surface area contributed by atoms with E-state index in [-0.39, 0.29) is 0 Å². The first-order valence-electron chi connectivity index (χ1n) is 9.09. The van der Waals surface area contributed by atoms with Crippen molar-refractivity contribution in [1.29, 1.82) is 0 Å². The first-order chi connectivity index (χ1) is 11.2. The van der Waals surface area contributed by atoms with E-state index in [2.05, 4.69) is 40.5 Å². The van der Waals surface area contributed by atoms with Gasteiger partial charge in [0.25, 0.3) is 0 Å². The Morgan fingerprint density at radius 1 is 1.30 bits per heavy atom. The van der Waals surface area contributed by atoms with Gasteiger partial charge in [0.1, 0.15) is 0 Å². The molecule has 4 heteroatoms. The van der Waals surface area contributed by atoms with Crippen LogP contribution in [-0.2, 0) is 6.42 Å². The molecule has 0 atom stereocenters. The van der Waals surface area contributed by atoms with Gasteiger partial charge in [0.05, 0.1) is 0 Å². The molecule has 0 aromatic carbocycles. The second-order valence-electron chi connectivity index (χ2n) is 6.70. The van der Waals surface area contributed by atoms with Gasteiger partial charge in [-0.05, 0) is 62.1 Å². The zero-order valence-corrected chi connectivity index (χ0v) is 14.9. The lowest BCUT2D eigenvalue weighted by atomic mass is 9.83. The van der Waals surface area contributed by atoms with Crippen molar-refractivity contribution >= 4 is 5.96 Å². The minimum Gasteiger partial charge on any atom is -0.356 e. The van der Waals surface area contributed by atoms with Gasteiger partial charge >= 0.3 is 0 Å². The average molecular weight is 316 g/mol. The minimum absolute atomic E-state index is 0.581. The SMILES string of the molecule is CCCC1CCC(NC(=NC)NCCc2ccncc2C)CC1. The number of aromatic nitrogens is 1. The van der Waals surface area contributed by atoms with Crippen molar-refractivity contribution in [2.75, 3.05) is 13.6 Å². The summed E-state index contributed by atoms with van der Waals surface area (Å²) in [6, 6.07) is 2.68. The zero-order valence-electron chi connectivity index (χ0n) is 14.9. The quantitative estimate of drug-likeness (QED) is 0.624. The fraction of sp³-hybridized carbons (Fsp3) is 0.684. The molecular weight excluding hydrogens is 284 g/mol. The third-order valence-corrected chi connectivity index (χ3v) is 4.93. The Morgan fingerprint density at radius 3 is 2.74 bits per heavy atom. The third kappa shape index (κ3) is 5.85. The summed E-state index contributed by atoms with van der Waals surface area (Å²) < 4.78 is 0. The standard InChI is InChI=1S/C19H32N4/c1-4-5-16-6-8-18(9-7-16)23-19(20-3)22-13-11-17-10-12-21-14-15(17)2/h10,12,14,16,18H,4-9,11,13H2,1-3H3,(H2,20,22,23). The van der Waals surface area contributed by atoms with Gasteiger partial charge in [-0.15, -0.1) is 0 Å². The first kappa shape index (κ1) is 17.8. The lowest BCUT2D eigenvalue weighted by Gasteiger charge is -2.30. The summed E-state index contributed by atoms with van der Waals surface area (Å²) in [5.74, 6) is 1.89. The van der Waals surface area contributed by atoms with Crippen molar-refractivity contribution in [2.45, 2.75) is 64.8 Å². The number of nitrogens with one attached hydrogen (secondary N) is 2. The maximum Gasteiger partial charge on any atom is 0.191 e. The van der Waals surface area contributed by atoms with Crippen LogP contribution in [0.4, 0.5) is 0 Å². The number of guanidine groups is 1. The Morgan fingerprint density at radius 2 is 2.09 bits per heavy atom. The van der Waals surface area contributed by atoms with Crippen LogP contribution < -0.4 is 10.6 Å². The summed E-state index contributed by atoms with van der Waals surface area (Å²) in [4.78, 5) is 8.52. The lowest BCUT2D eigenvalue weighted by molar-refractivity contribution is 0.295. The van der Waals surface area contributed by atoms with E-state index in [0.29, 0.717) is 6.04 Å². The number of hydrogen-bond acceptors (Lipinski definition) is 2. The Kier molecular flexibility index (Phi) is 7.37. The molecule has 1 aromatic rings. The number of hydrogen-bond donors (Lipinski definition) is 2. The predicted molar refractivity (Wildman–Crippen MR) is 97.8 cm³/mol. The van der Waals surface area contributed by atoms with Gasteiger partial charge in [0, 0.05) is 32.0 Å². The topological polar surface area (TPSA) is 49.3 Å². The van der Waals surface area contributed by atoms with Crippen LogP contribution in [0.1, 0.15) is 56.6 Å². The minimum atomic E-state index is 0.581. The normalized spacial score (nSPS) is 22.0. The number of aliphatic imine (C=N–C) groups is 1. The van der Waals surface area contributed by atoms with Gasteiger partial charge in [-0.2, -0.15) is 0 Å². The smallest absolute Gasteiger partial charge is 0.191 e. The van der Waals surface area contributed by atoms with E-state index in [4.69, 9.17) is 0 Å². The molecule has 0 spiro atoms. The molecule has 4 nitrogen and oxygen atoms in total. The summed E-state index contributed by atoms with van der Waals surface area (Å²) in [5, 5.41) is 7.04. The second-order valence-corrected chi connectivity index (χ2v) is 6.70. The lowest BCUT2D eigenvalue weighted by Crippen LogP contribution is -2.45. The van der Waals surface area contributed by atoms with Crippen molar-refractivity contribution in [3.05, 3.63) is 29.6 Å². The molecule has 1 fully saturated rings. The molecule has 2 rings (SSSR count). The molecule has 0 aliphatic heterocycles. The van der Waals surface area contributed by atoms with Crippen molar-refractivity contribution in [3.63, 3.8) is 0 Å². The Labute approximate surface area is 141 Å². The van der Waals surface area contributed by atoms with E-state index >= 15 is 0 Å². The Bertz CT molecular complexity index is 490. The number of pyridine rings is 1. The van der Waals surface area contributed by atoms with Crippen LogP contribution in [0.5, 0.6) is 0 Å². The van der Waals surface area contributed by atoms with Crippen LogP contribution in [0, 0.1) is 12.8 Å². The molecule has 0 bridgehead atoms. The molecule has 1 aliphatic carbocycles. The van der Waals surface area contributed by atoms with Gasteiger partial charge in [0.2, 0.25) is 0 Å². The van der Waals surface area contributed by atoms with Crippen molar-refractivity contribution in [2.24, 2.45) is 10.9 Å². The van der Waals surface area contributed by atoms with Crippen LogP contribution in [0.15, 0.2) is 23.5 Å². The fourth-order valence-electron chi connectivity index (χ4n) is 3.49. The predicted octanol–water partition coefficient (Wildman–Crippen LogP) is 3.46. The van der Waals surface area contributed by atoms with Crippen molar-refractivity contribution in [1.82, 2.24) is 15.6 Å². The molecule has 0 saturated heterocycles. The third-order valence-electron chi connectivity index (χ3n) is 4.93. The summed E-state index contributed by atoms with van der Waals surface area (Å²) in [5.41, 5.74) is 2.61. The number of rotatable bonds is 6. The monoisotopic (exact) mass is 316 g/mol. The molecule has 1 saturated carbocycles. The summed E-state index contributed by atoms with van der Waals surface area (Å²) in [7, 11) is 1.86. The first-order valence-corrected chi connectivity index (χ1v) is 9.09. The molecule has 23 heavy (non-hydrogen) atoms. The highest BCUT2D eigenvalue weighted by molar-refractivity contribution is 5.79. The van der Waals surface area contributed by atoms with Crippen LogP contribution >= 0.6 is 0 Å². The summed E-state index contributed by atoms with van der Waals surface area (Å²) in [6.07, 6.45) is 12.8. The maximum absolute atomic E-state index is 4.37. The molecule has 1 heterocycles.